The van der Waals surface area contributed by atoms with Crippen LogP contribution in [0.1, 0.15) is 19.3 Å². The topological polar surface area (TPSA) is 125 Å². The van der Waals surface area contributed by atoms with Gasteiger partial charge in [-0.1, -0.05) is 11.3 Å². The van der Waals surface area contributed by atoms with E-state index in [9.17, 15) is 18.5 Å². The Kier molecular flexibility index (Phi) is 6.33. The number of nitrogen functional groups attached to an aromatic ring is 1. The molecule has 0 aliphatic heterocycles. The lowest BCUT2D eigenvalue weighted by Gasteiger charge is -2.04. The maximum absolute atomic E-state index is 11.9. The van der Waals surface area contributed by atoms with E-state index < -0.39 is 14.9 Å². The average Bonchev–Trinajstić information content (AvgIpc) is 2.76. The van der Waals surface area contributed by atoms with Gasteiger partial charge in [-0.2, -0.15) is 0 Å². The zero-order chi connectivity index (χ0) is 15.2. The smallest absolute Gasteiger partial charge is 0.304 e. The maximum atomic E-state index is 11.9. The predicted molar refractivity (Wildman–Crippen MR) is 76.3 cm³/mol. The number of thiophene rings is 1. The summed E-state index contributed by atoms with van der Waals surface area (Å²) in [6.45, 7) is 0.915. The molecule has 0 spiro atoms. The number of unbranched alkanes of at least 4 members (excludes halogenated alkanes) is 2. The van der Waals surface area contributed by atoms with E-state index in [2.05, 4.69) is 4.72 Å². The highest BCUT2D eigenvalue weighted by molar-refractivity contribution is 7.91. The van der Waals surface area contributed by atoms with Crippen molar-refractivity contribution in [3.8, 4) is 0 Å². The summed E-state index contributed by atoms with van der Waals surface area (Å²) < 4.78 is 30.9. The van der Waals surface area contributed by atoms with Crippen LogP contribution in [0.25, 0.3) is 0 Å². The van der Waals surface area contributed by atoms with Crippen molar-refractivity contribution >= 4 is 32.0 Å². The molecule has 1 aromatic heterocycles. The van der Waals surface area contributed by atoms with Crippen molar-refractivity contribution in [1.82, 2.24) is 4.72 Å². The molecule has 1 heterocycles. The number of methoxy groups -OCH3 is 1. The third-order valence-corrected chi connectivity index (χ3v) is 5.38. The lowest BCUT2D eigenvalue weighted by molar-refractivity contribution is -0.383. The van der Waals surface area contributed by atoms with Gasteiger partial charge in [-0.3, -0.25) is 10.1 Å². The predicted octanol–water partition coefficient (Wildman–Crippen LogP) is 1.33. The first-order valence-electron chi connectivity index (χ1n) is 5.91. The molecule has 20 heavy (non-hydrogen) atoms. The number of anilines is 1. The minimum Gasteiger partial charge on any atom is -0.385 e. The number of nitro groups is 1. The molecule has 0 aliphatic carbocycles. The number of sulfonamides is 1. The molecular formula is C10H17N3O5S2. The summed E-state index contributed by atoms with van der Waals surface area (Å²) in [7, 11) is -2.13. The lowest BCUT2D eigenvalue weighted by Crippen LogP contribution is -2.24. The Balaban J connectivity index is 2.56. The molecule has 0 amide bonds. The van der Waals surface area contributed by atoms with E-state index in [1.807, 2.05) is 0 Å². The van der Waals surface area contributed by atoms with Crippen LogP contribution in [0, 0.1) is 10.1 Å². The van der Waals surface area contributed by atoms with Gasteiger partial charge in [0.25, 0.3) is 0 Å². The third-order valence-electron chi connectivity index (χ3n) is 2.50. The van der Waals surface area contributed by atoms with E-state index >= 15 is 0 Å². The highest BCUT2D eigenvalue weighted by atomic mass is 32.2. The molecule has 0 saturated carbocycles. The molecule has 1 rings (SSSR count). The number of nitrogens with zero attached hydrogens (tertiary/aromatic N) is 1. The number of nitrogens with one attached hydrogen (secondary N) is 1. The van der Waals surface area contributed by atoms with Crippen LogP contribution in [-0.2, 0) is 14.8 Å². The van der Waals surface area contributed by atoms with Crippen LogP contribution in [0.5, 0.6) is 0 Å². The first kappa shape index (κ1) is 16.8. The molecule has 0 fully saturated rings. The Morgan fingerprint density at radius 1 is 1.45 bits per heavy atom. The molecule has 0 atom stereocenters. The number of rotatable bonds is 9. The monoisotopic (exact) mass is 323 g/mol. The van der Waals surface area contributed by atoms with Gasteiger partial charge in [0.05, 0.1) is 4.92 Å². The van der Waals surface area contributed by atoms with Crippen molar-refractivity contribution in [1.29, 1.82) is 0 Å². The van der Waals surface area contributed by atoms with Gasteiger partial charge >= 0.3 is 5.69 Å². The van der Waals surface area contributed by atoms with Crippen molar-refractivity contribution < 1.29 is 18.1 Å². The molecule has 1 aromatic rings. The second-order valence-corrected chi connectivity index (χ2v) is 7.10. The second-order valence-electron chi connectivity index (χ2n) is 4.02. The molecule has 0 aliphatic rings. The zero-order valence-electron chi connectivity index (χ0n) is 11.0. The van der Waals surface area contributed by atoms with Gasteiger partial charge in [-0.15, -0.1) is 0 Å². The molecular weight excluding hydrogens is 306 g/mol. The minimum absolute atomic E-state index is 0.115. The molecule has 8 nitrogen and oxygen atoms in total. The van der Waals surface area contributed by atoms with Gasteiger partial charge in [0.15, 0.2) is 5.00 Å². The van der Waals surface area contributed by atoms with E-state index in [1.54, 1.807) is 7.11 Å². The molecule has 3 N–H and O–H groups in total. The fourth-order valence-corrected chi connectivity index (χ4v) is 3.81. The quantitative estimate of drug-likeness (QED) is 0.401. The molecule has 0 bridgehead atoms. The highest BCUT2D eigenvalue weighted by Crippen LogP contribution is 2.34. The Hall–Kier alpha value is -1.23. The van der Waals surface area contributed by atoms with Crippen LogP contribution in [0.15, 0.2) is 10.3 Å². The minimum atomic E-state index is -3.74. The van der Waals surface area contributed by atoms with Gasteiger partial charge in [0.1, 0.15) is 4.21 Å². The summed E-state index contributed by atoms with van der Waals surface area (Å²) in [5.41, 5.74) is 5.04. The highest BCUT2D eigenvalue weighted by Gasteiger charge is 2.24. The van der Waals surface area contributed by atoms with E-state index in [0.717, 1.165) is 18.9 Å². The fraction of sp³-hybridized carbons (Fsp3) is 0.600. The van der Waals surface area contributed by atoms with Crippen LogP contribution in [0.2, 0.25) is 0 Å². The Bertz CT molecular complexity index is 555. The first-order chi connectivity index (χ1) is 9.38. The van der Waals surface area contributed by atoms with Crippen LogP contribution in [0.4, 0.5) is 10.7 Å². The summed E-state index contributed by atoms with van der Waals surface area (Å²) in [6, 6.07) is 0.979. The zero-order valence-corrected chi connectivity index (χ0v) is 12.6. The molecule has 0 unspecified atom stereocenters. The maximum Gasteiger partial charge on any atom is 0.304 e. The number of nitrogens with two attached hydrogens (primary N) is 1. The second kappa shape index (κ2) is 7.53. The summed E-state index contributed by atoms with van der Waals surface area (Å²) in [5.74, 6) is 0. The molecule has 0 aromatic carbocycles. The van der Waals surface area contributed by atoms with Crippen molar-refractivity contribution in [2.45, 2.75) is 23.5 Å². The Morgan fingerprint density at radius 3 is 2.70 bits per heavy atom. The summed E-state index contributed by atoms with van der Waals surface area (Å²) in [4.78, 5) is 9.93. The average molecular weight is 323 g/mol. The molecule has 114 valence electrons. The summed E-state index contributed by atoms with van der Waals surface area (Å²) in [6.07, 6.45) is 2.37. The van der Waals surface area contributed by atoms with E-state index in [0.29, 0.717) is 24.4 Å². The van der Waals surface area contributed by atoms with Gasteiger partial charge < -0.3 is 10.5 Å². The Morgan fingerprint density at radius 2 is 2.15 bits per heavy atom. The summed E-state index contributed by atoms with van der Waals surface area (Å²) in [5, 5.41) is 10.5. The summed E-state index contributed by atoms with van der Waals surface area (Å²) >= 11 is 0.687. The van der Waals surface area contributed by atoms with Gasteiger partial charge in [0, 0.05) is 26.3 Å². The van der Waals surface area contributed by atoms with Gasteiger partial charge in [-0.05, 0) is 19.3 Å². The van der Waals surface area contributed by atoms with Gasteiger partial charge in [-0.25, -0.2) is 13.1 Å². The normalized spacial score (nSPS) is 11.7. The van der Waals surface area contributed by atoms with E-state index in [4.69, 9.17) is 10.5 Å². The van der Waals surface area contributed by atoms with Crippen molar-refractivity contribution in [2.24, 2.45) is 0 Å². The van der Waals surface area contributed by atoms with Crippen LogP contribution in [0.3, 0.4) is 0 Å². The molecule has 0 saturated heterocycles. The van der Waals surface area contributed by atoms with Crippen LogP contribution >= 0.6 is 11.3 Å². The Labute approximate surface area is 121 Å². The third kappa shape index (κ3) is 4.71. The SMILES string of the molecule is COCCCCCNS(=O)(=O)c1cc([N+](=O)[O-])c(N)s1. The van der Waals surface area contributed by atoms with Gasteiger partial charge in [0.2, 0.25) is 10.0 Å². The van der Waals surface area contributed by atoms with Crippen LogP contribution < -0.4 is 10.5 Å². The molecule has 10 heteroatoms. The van der Waals surface area contributed by atoms with Crippen molar-refractivity contribution in [3.05, 3.63) is 16.2 Å². The fourth-order valence-electron chi connectivity index (χ4n) is 1.47. The number of hydrogen-bond donors (Lipinski definition) is 2. The van der Waals surface area contributed by atoms with Crippen LogP contribution in [-0.4, -0.2) is 33.6 Å². The standard InChI is InChI=1S/C10H17N3O5S2/c1-18-6-4-2-3-5-12-20(16,17)9-7-8(13(14)15)10(11)19-9/h7,12H,2-6,11H2,1H3. The molecule has 0 radical (unpaired) electrons. The first-order valence-corrected chi connectivity index (χ1v) is 8.20. The largest absolute Gasteiger partial charge is 0.385 e. The van der Waals surface area contributed by atoms with E-state index in [1.165, 1.54) is 0 Å². The van der Waals surface area contributed by atoms with Crippen molar-refractivity contribution in [2.75, 3.05) is 26.0 Å². The number of ether oxygens (including phenoxy) is 1. The number of hydrogen-bond acceptors (Lipinski definition) is 7. The lowest BCUT2D eigenvalue weighted by atomic mass is 10.2. The van der Waals surface area contributed by atoms with Crippen molar-refractivity contribution in [3.63, 3.8) is 0 Å². The van der Waals surface area contributed by atoms with E-state index in [-0.39, 0.29) is 21.4 Å².